The number of nitrogens with one attached hydrogen (secondary N) is 1. The van der Waals surface area contributed by atoms with Crippen molar-refractivity contribution in [3.63, 3.8) is 0 Å². The molecule has 6 rings (SSSR count). The van der Waals surface area contributed by atoms with Gasteiger partial charge in [0.05, 0.1) is 23.6 Å². The highest BCUT2D eigenvalue weighted by Crippen LogP contribution is 2.35. The fourth-order valence-electron chi connectivity index (χ4n) is 6.39. The molecule has 3 heterocycles. The Morgan fingerprint density at radius 3 is 2.05 bits per heavy atom. The van der Waals surface area contributed by atoms with Crippen LogP contribution in [0.5, 0.6) is 0 Å². The van der Waals surface area contributed by atoms with Crippen LogP contribution in [0.3, 0.4) is 0 Å². The van der Waals surface area contributed by atoms with E-state index in [-0.39, 0.29) is 22.8 Å². The minimum atomic E-state index is -3.64. The highest BCUT2D eigenvalue weighted by molar-refractivity contribution is 7.89. The summed E-state index contributed by atoms with van der Waals surface area (Å²) >= 11 is 0. The van der Waals surface area contributed by atoms with E-state index in [2.05, 4.69) is 15.3 Å². The molecule has 2 N–H and O–H groups in total. The third-order valence-electron chi connectivity index (χ3n) is 8.60. The van der Waals surface area contributed by atoms with Crippen molar-refractivity contribution < 1.29 is 18.3 Å². The number of benzene rings is 2. The van der Waals surface area contributed by atoms with Gasteiger partial charge in [0.25, 0.3) is 0 Å². The standard InChI is InChI=1S/C26H31N5O4S.C5H10/c1-19-25(14-27-31(19)23-10-6-3-7-11-23)36(34,35)30-17-21-15-29(16-22(21)18-30)13-12-24(28-26(32)33)20-8-4-2-5-9-20;1-2-4-5-3-1/h2-11,14,21-22,24,28H,12-13,15-18H2,1H3,(H,32,33);1-5H2/t21-,22?,24?;/m0./s1. The Kier molecular flexibility index (Phi) is 9.42. The van der Waals surface area contributed by atoms with Crippen LogP contribution in [0.4, 0.5) is 4.79 Å². The summed E-state index contributed by atoms with van der Waals surface area (Å²) in [5.41, 5.74) is 2.39. The van der Waals surface area contributed by atoms with Crippen LogP contribution in [-0.2, 0) is 10.0 Å². The van der Waals surface area contributed by atoms with Crippen LogP contribution in [0.1, 0.15) is 55.8 Å². The number of sulfonamides is 1. The molecule has 3 aromatic rings. The van der Waals surface area contributed by atoms with Gasteiger partial charge in [0.15, 0.2) is 0 Å². The quantitative estimate of drug-likeness (QED) is 0.385. The number of para-hydroxylation sites is 1. The third-order valence-corrected chi connectivity index (χ3v) is 10.5. The summed E-state index contributed by atoms with van der Waals surface area (Å²) < 4.78 is 30.2. The van der Waals surface area contributed by atoms with Crippen LogP contribution >= 0.6 is 0 Å². The van der Waals surface area contributed by atoms with E-state index < -0.39 is 16.1 Å². The summed E-state index contributed by atoms with van der Waals surface area (Å²) in [5, 5.41) is 16.2. The van der Waals surface area contributed by atoms with Gasteiger partial charge in [-0.25, -0.2) is 17.9 Å². The van der Waals surface area contributed by atoms with Crippen molar-refractivity contribution in [2.24, 2.45) is 11.8 Å². The fourth-order valence-corrected chi connectivity index (χ4v) is 8.09. The predicted octanol–water partition coefficient (Wildman–Crippen LogP) is 5.08. The summed E-state index contributed by atoms with van der Waals surface area (Å²) in [4.78, 5) is 13.9. The second-order valence-electron chi connectivity index (χ2n) is 11.4. The summed E-state index contributed by atoms with van der Waals surface area (Å²) in [6, 6.07) is 18.8. The minimum Gasteiger partial charge on any atom is -0.465 e. The zero-order valence-electron chi connectivity index (χ0n) is 23.7. The van der Waals surface area contributed by atoms with Crippen molar-refractivity contribution >= 4 is 16.1 Å². The number of aromatic nitrogens is 2. The van der Waals surface area contributed by atoms with E-state index >= 15 is 0 Å². The maximum atomic E-state index is 13.5. The molecule has 0 radical (unpaired) electrons. The van der Waals surface area contributed by atoms with Gasteiger partial charge in [-0.3, -0.25) is 0 Å². The smallest absolute Gasteiger partial charge is 0.405 e. The van der Waals surface area contributed by atoms with E-state index in [0.29, 0.717) is 25.2 Å². The first-order valence-electron chi connectivity index (χ1n) is 14.7. The lowest BCUT2D eigenvalue weighted by Gasteiger charge is -2.24. The molecule has 41 heavy (non-hydrogen) atoms. The number of carbonyl (C=O) groups is 1. The zero-order chi connectivity index (χ0) is 28.8. The Bertz CT molecular complexity index is 1370. The second-order valence-corrected chi connectivity index (χ2v) is 13.3. The number of fused-ring (bicyclic) bond motifs is 1. The van der Waals surface area contributed by atoms with Crippen LogP contribution in [0.25, 0.3) is 5.69 Å². The lowest BCUT2D eigenvalue weighted by molar-refractivity contribution is 0.187. The summed E-state index contributed by atoms with van der Waals surface area (Å²) in [5.74, 6) is 0.540. The Balaban J connectivity index is 0.000000610. The van der Waals surface area contributed by atoms with E-state index in [1.165, 1.54) is 38.3 Å². The zero-order valence-corrected chi connectivity index (χ0v) is 24.5. The molecule has 1 aliphatic carbocycles. The summed E-state index contributed by atoms with van der Waals surface area (Å²) in [7, 11) is -3.64. The monoisotopic (exact) mass is 579 g/mol. The van der Waals surface area contributed by atoms with Crippen LogP contribution < -0.4 is 5.32 Å². The Labute approximate surface area is 243 Å². The van der Waals surface area contributed by atoms with Gasteiger partial charge in [-0.2, -0.15) is 9.40 Å². The molecule has 1 amide bonds. The molecule has 220 valence electrons. The highest BCUT2D eigenvalue weighted by atomic mass is 32.2. The molecular weight excluding hydrogens is 538 g/mol. The average molecular weight is 580 g/mol. The molecule has 0 bridgehead atoms. The van der Waals surface area contributed by atoms with Crippen molar-refractivity contribution in [2.75, 3.05) is 32.7 Å². The van der Waals surface area contributed by atoms with Gasteiger partial charge in [-0.05, 0) is 42.9 Å². The van der Waals surface area contributed by atoms with Crippen molar-refractivity contribution in [3.8, 4) is 5.69 Å². The first-order chi connectivity index (χ1) is 19.8. The number of likely N-dealkylation sites (tertiary alicyclic amines) is 1. The number of nitrogens with zero attached hydrogens (tertiary/aromatic N) is 4. The Hall–Kier alpha value is -3.21. The highest BCUT2D eigenvalue weighted by Gasteiger charge is 2.45. The Morgan fingerprint density at radius 1 is 0.927 bits per heavy atom. The number of rotatable bonds is 8. The molecule has 2 unspecified atom stereocenters. The van der Waals surface area contributed by atoms with Gasteiger partial charge in [0, 0.05) is 32.7 Å². The molecule has 2 saturated heterocycles. The number of hydrogen-bond donors (Lipinski definition) is 2. The molecule has 0 spiro atoms. The lowest BCUT2D eigenvalue weighted by atomic mass is 10.0. The van der Waals surface area contributed by atoms with Crippen molar-refractivity contribution in [3.05, 3.63) is 78.1 Å². The predicted molar refractivity (Wildman–Crippen MR) is 159 cm³/mol. The molecule has 2 aromatic carbocycles. The van der Waals surface area contributed by atoms with Crippen LogP contribution in [0.2, 0.25) is 0 Å². The van der Waals surface area contributed by atoms with Gasteiger partial charge < -0.3 is 15.3 Å². The van der Waals surface area contributed by atoms with Gasteiger partial charge >= 0.3 is 6.09 Å². The number of amides is 1. The molecule has 10 heteroatoms. The largest absolute Gasteiger partial charge is 0.465 e. The molecule has 3 atom stereocenters. The van der Waals surface area contributed by atoms with E-state index in [0.717, 1.165) is 30.9 Å². The SMILES string of the molecule is C1CCCC1.Cc1c(S(=O)(=O)N2CC3CN(CCC(NC(=O)O)c4ccccc4)C[C@H]3C2)cnn1-c1ccccc1. The molecule has 1 aromatic heterocycles. The fraction of sp³-hybridized carbons (Fsp3) is 0.484. The van der Waals surface area contributed by atoms with Gasteiger partial charge in [0.2, 0.25) is 10.0 Å². The second kappa shape index (κ2) is 13.2. The van der Waals surface area contributed by atoms with E-state index in [1.54, 1.807) is 15.9 Å². The van der Waals surface area contributed by atoms with E-state index in [9.17, 15) is 18.3 Å². The van der Waals surface area contributed by atoms with Crippen molar-refractivity contribution in [1.29, 1.82) is 0 Å². The maximum absolute atomic E-state index is 13.5. The minimum absolute atomic E-state index is 0.258. The summed E-state index contributed by atoms with van der Waals surface area (Å²) in [6.07, 6.45) is 8.58. The molecule has 1 saturated carbocycles. The van der Waals surface area contributed by atoms with Gasteiger partial charge in [-0.1, -0.05) is 80.6 Å². The van der Waals surface area contributed by atoms with Crippen LogP contribution in [0.15, 0.2) is 71.8 Å². The average Bonchev–Trinajstić information content (AvgIpc) is 3.78. The van der Waals surface area contributed by atoms with Gasteiger partial charge in [-0.15, -0.1) is 0 Å². The lowest BCUT2D eigenvalue weighted by Crippen LogP contribution is -2.35. The number of hydrogen-bond acceptors (Lipinski definition) is 5. The molecule has 9 nitrogen and oxygen atoms in total. The van der Waals surface area contributed by atoms with Crippen LogP contribution in [-0.4, -0.2) is 71.3 Å². The topological polar surface area (TPSA) is 108 Å². The Morgan fingerprint density at radius 2 is 1.49 bits per heavy atom. The molecule has 3 fully saturated rings. The molecule has 3 aliphatic rings. The van der Waals surface area contributed by atoms with E-state index in [4.69, 9.17) is 0 Å². The normalized spacial score (nSPS) is 21.7. The maximum Gasteiger partial charge on any atom is 0.405 e. The summed E-state index contributed by atoms with van der Waals surface area (Å²) in [6.45, 7) is 5.16. The first-order valence-corrected chi connectivity index (χ1v) is 16.1. The number of carboxylic acid groups (broad SMARTS) is 1. The third kappa shape index (κ3) is 6.99. The van der Waals surface area contributed by atoms with Crippen LogP contribution in [0, 0.1) is 18.8 Å². The van der Waals surface area contributed by atoms with E-state index in [1.807, 2.05) is 60.7 Å². The van der Waals surface area contributed by atoms with Crippen molar-refractivity contribution in [1.82, 2.24) is 24.3 Å². The molecular formula is C31H41N5O4S. The van der Waals surface area contributed by atoms with Crippen molar-refractivity contribution in [2.45, 2.75) is 56.4 Å². The van der Waals surface area contributed by atoms with Gasteiger partial charge in [0.1, 0.15) is 4.90 Å². The first kappa shape index (κ1) is 29.3. The molecule has 2 aliphatic heterocycles.